The molecule has 1 spiro atoms. The van der Waals surface area contributed by atoms with Gasteiger partial charge < -0.3 is 29.2 Å². The molecule has 1 unspecified atom stereocenters. The van der Waals surface area contributed by atoms with Gasteiger partial charge in [0.2, 0.25) is 6.79 Å². The second-order valence-corrected chi connectivity index (χ2v) is 13.4. The molecule has 3 heterocycles. The lowest BCUT2D eigenvalue weighted by Gasteiger charge is -2.40. The average molecular weight is 572 g/mol. The van der Waals surface area contributed by atoms with E-state index in [2.05, 4.69) is 17.0 Å². The minimum Gasteiger partial charge on any atom is -0.465 e. The lowest BCUT2D eigenvalue weighted by molar-refractivity contribution is -0.178. The maximum absolute atomic E-state index is 13.9. The van der Waals surface area contributed by atoms with Crippen LogP contribution < -0.4 is 9.47 Å². The standard InChI is InChI=1S/C32H45NO8/c1-20(2)18-38-26(34)17-32(37,11-6-9-30(4,5)36)29(35)41-28-21(3)16-31-10-7-12-33(31)13-8-22-14-24-25(40-19-39-24)15-23(22)27(28)31/h14-16,20,27-28,36-37H,6-13,17-19H2,1-5H3/t27-,28?,31-,32-/m1/s1. The molecule has 1 aromatic carbocycles. The van der Waals surface area contributed by atoms with Crippen LogP contribution in [-0.2, 0) is 25.5 Å². The van der Waals surface area contributed by atoms with Crippen LogP contribution in [0, 0.1) is 5.92 Å². The Hall–Kier alpha value is -2.62. The lowest BCUT2D eigenvalue weighted by Crippen LogP contribution is -2.49. The van der Waals surface area contributed by atoms with Crippen LogP contribution in [0.1, 0.15) is 90.2 Å². The second-order valence-electron chi connectivity index (χ2n) is 13.4. The Morgan fingerprint density at radius 1 is 1.15 bits per heavy atom. The highest BCUT2D eigenvalue weighted by Gasteiger charge is 2.57. The number of hydrogen-bond acceptors (Lipinski definition) is 9. The summed E-state index contributed by atoms with van der Waals surface area (Å²) in [5.74, 6) is -0.119. The Balaban J connectivity index is 1.45. The number of aliphatic hydroxyl groups is 2. The summed E-state index contributed by atoms with van der Waals surface area (Å²) in [6.45, 7) is 11.4. The van der Waals surface area contributed by atoms with Crippen LogP contribution in [0.2, 0.25) is 0 Å². The van der Waals surface area contributed by atoms with E-state index in [0.717, 1.165) is 54.8 Å². The van der Waals surface area contributed by atoms with Gasteiger partial charge in [-0.2, -0.15) is 0 Å². The molecule has 4 atom stereocenters. The first-order chi connectivity index (χ1) is 19.3. The monoisotopic (exact) mass is 571 g/mol. The van der Waals surface area contributed by atoms with Gasteiger partial charge in [0.25, 0.3) is 0 Å². The van der Waals surface area contributed by atoms with Crippen LogP contribution in [0.15, 0.2) is 23.8 Å². The fraction of sp³-hybridized carbons (Fsp3) is 0.688. The average Bonchev–Trinajstić information content (AvgIpc) is 3.55. The molecule has 2 N–H and O–H groups in total. The molecule has 5 rings (SSSR count). The van der Waals surface area contributed by atoms with E-state index in [4.69, 9.17) is 18.9 Å². The molecular formula is C32H45NO8. The molecule has 9 heteroatoms. The van der Waals surface area contributed by atoms with Gasteiger partial charge in [0.1, 0.15) is 6.10 Å². The summed E-state index contributed by atoms with van der Waals surface area (Å²) in [5.41, 5.74) is -0.193. The van der Waals surface area contributed by atoms with E-state index in [1.54, 1.807) is 13.8 Å². The van der Waals surface area contributed by atoms with Crippen LogP contribution in [0.4, 0.5) is 0 Å². The molecule has 0 amide bonds. The molecule has 1 saturated heterocycles. The molecule has 1 fully saturated rings. The third-order valence-electron chi connectivity index (χ3n) is 8.99. The largest absolute Gasteiger partial charge is 0.465 e. The highest BCUT2D eigenvalue weighted by Crippen LogP contribution is 2.55. The topological polar surface area (TPSA) is 115 Å². The Morgan fingerprint density at radius 2 is 1.88 bits per heavy atom. The summed E-state index contributed by atoms with van der Waals surface area (Å²) in [6.07, 6.45) is 4.63. The van der Waals surface area contributed by atoms with Crippen molar-refractivity contribution >= 4 is 11.9 Å². The normalized spacial score (nSPS) is 26.5. The fourth-order valence-electron chi connectivity index (χ4n) is 7.05. The van der Waals surface area contributed by atoms with E-state index in [1.807, 2.05) is 26.8 Å². The zero-order valence-electron chi connectivity index (χ0n) is 25.0. The molecule has 226 valence electrons. The molecular weight excluding hydrogens is 526 g/mol. The van der Waals surface area contributed by atoms with Gasteiger partial charge in [0.15, 0.2) is 17.1 Å². The van der Waals surface area contributed by atoms with Gasteiger partial charge in [0.05, 0.1) is 24.2 Å². The van der Waals surface area contributed by atoms with Gasteiger partial charge in [-0.1, -0.05) is 19.9 Å². The van der Waals surface area contributed by atoms with Gasteiger partial charge in [0, 0.05) is 12.5 Å². The number of esters is 2. The van der Waals surface area contributed by atoms with E-state index in [9.17, 15) is 19.8 Å². The number of ether oxygens (including phenoxy) is 4. The van der Waals surface area contributed by atoms with E-state index in [1.165, 1.54) is 0 Å². The molecule has 0 bridgehead atoms. The number of hydrogen-bond donors (Lipinski definition) is 2. The van der Waals surface area contributed by atoms with Crippen molar-refractivity contribution in [2.45, 2.75) is 108 Å². The summed E-state index contributed by atoms with van der Waals surface area (Å²) in [5, 5.41) is 21.9. The molecule has 3 aliphatic heterocycles. The number of nitrogens with zero attached hydrogens (tertiary/aromatic N) is 1. The molecule has 0 radical (unpaired) electrons. The number of carbonyl (C=O) groups is 2. The molecule has 1 aromatic rings. The number of rotatable bonds is 10. The van der Waals surface area contributed by atoms with Crippen LogP contribution in [0.3, 0.4) is 0 Å². The minimum atomic E-state index is -2.08. The van der Waals surface area contributed by atoms with Crippen molar-refractivity contribution in [2.24, 2.45) is 5.92 Å². The first kappa shape index (κ1) is 29.9. The number of fused-ring (bicyclic) bond motifs is 3. The smallest absolute Gasteiger partial charge is 0.339 e. The highest BCUT2D eigenvalue weighted by molar-refractivity contribution is 5.86. The predicted octanol–water partition coefficient (Wildman–Crippen LogP) is 4.02. The zero-order valence-corrected chi connectivity index (χ0v) is 25.0. The highest BCUT2D eigenvalue weighted by atomic mass is 16.7. The number of benzene rings is 1. The van der Waals surface area contributed by atoms with Gasteiger partial charge >= 0.3 is 11.9 Å². The Kier molecular flexibility index (Phi) is 8.18. The van der Waals surface area contributed by atoms with Gasteiger partial charge in [-0.05, 0) is 101 Å². The van der Waals surface area contributed by atoms with Crippen LogP contribution in [0.5, 0.6) is 11.5 Å². The van der Waals surface area contributed by atoms with Crippen molar-refractivity contribution in [2.75, 3.05) is 26.5 Å². The summed E-state index contributed by atoms with van der Waals surface area (Å²) in [6, 6.07) is 4.09. The van der Waals surface area contributed by atoms with Gasteiger partial charge in [-0.15, -0.1) is 0 Å². The first-order valence-corrected chi connectivity index (χ1v) is 15.0. The predicted molar refractivity (Wildman–Crippen MR) is 152 cm³/mol. The van der Waals surface area contributed by atoms with E-state index in [0.29, 0.717) is 18.6 Å². The molecule has 41 heavy (non-hydrogen) atoms. The van der Waals surface area contributed by atoms with Crippen molar-refractivity contribution in [1.29, 1.82) is 0 Å². The van der Waals surface area contributed by atoms with Crippen molar-refractivity contribution < 1.29 is 38.7 Å². The zero-order chi connectivity index (χ0) is 29.6. The quantitative estimate of drug-likeness (QED) is 0.317. The Labute approximate surface area is 242 Å². The third-order valence-corrected chi connectivity index (χ3v) is 8.99. The van der Waals surface area contributed by atoms with Crippen LogP contribution >= 0.6 is 0 Å². The summed E-state index contributed by atoms with van der Waals surface area (Å²) in [7, 11) is 0. The molecule has 1 aliphatic carbocycles. The van der Waals surface area contributed by atoms with Crippen molar-refractivity contribution in [3.05, 3.63) is 34.9 Å². The summed E-state index contributed by atoms with van der Waals surface area (Å²) >= 11 is 0. The molecule has 9 nitrogen and oxygen atoms in total. The lowest BCUT2D eigenvalue weighted by atomic mass is 9.77. The SMILES string of the molecule is CC1=C[C@@]23CCCN2CCc2cc4c(cc2[C@@H]3C1OC(=O)[C@@](O)(CCCC(C)(C)O)CC(=O)OCC(C)C)OCO4. The molecule has 4 aliphatic rings. The van der Waals surface area contributed by atoms with Crippen molar-refractivity contribution in [1.82, 2.24) is 4.90 Å². The van der Waals surface area contributed by atoms with E-state index < -0.39 is 35.7 Å². The van der Waals surface area contributed by atoms with Crippen LogP contribution in [-0.4, -0.2) is 76.4 Å². The van der Waals surface area contributed by atoms with Gasteiger partial charge in [-0.3, -0.25) is 9.69 Å². The Bertz CT molecular complexity index is 1200. The summed E-state index contributed by atoms with van der Waals surface area (Å²) < 4.78 is 23.0. The number of carbonyl (C=O) groups excluding carboxylic acids is 2. The maximum atomic E-state index is 13.9. The second kappa shape index (κ2) is 11.2. The molecule has 0 aromatic heterocycles. The first-order valence-electron chi connectivity index (χ1n) is 15.0. The van der Waals surface area contributed by atoms with Crippen molar-refractivity contribution in [3.63, 3.8) is 0 Å². The van der Waals surface area contributed by atoms with E-state index >= 15 is 0 Å². The minimum absolute atomic E-state index is 0.0285. The summed E-state index contributed by atoms with van der Waals surface area (Å²) in [4.78, 5) is 29.2. The van der Waals surface area contributed by atoms with Crippen molar-refractivity contribution in [3.8, 4) is 11.5 Å². The van der Waals surface area contributed by atoms with Gasteiger partial charge in [-0.25, -0.2) is 4.79 Å². The third kappa shape index (κ3) is 5.99. The Morgan fingerprint density at radius 3 is 2.59 bits per heavy atom. The maximum Gasteiger partial charge on any atom is 0.339 e. The van der Waals surface area contributed by atoms with E-state index in [-0.39, 0.29) is 37.2 Å². The fourth-order valence-corrected chi connectivity index (χ4v) is 7.05. The van der Waals surface area contributed by atoms with Crippen LogP contribution in [0.25, 0.3) is 0 Å². The molecule has 0 saturated carbocycles.